The number of alkyl halides is 3. The van der Waals surface area contributed by atoms with Crippen LogP contribution < -0.4 is 5.73 Å². The van der Waals surface area contributed by atoms with E-state index in [1.807, 2.05) is 4.90 Å². The number of aliphatic imine (C=N–C) groups is 1. The molecule has 0 atom stereocenters. The van der Waals surface area contributed by atoms with Crippen molar-refractivity contribution >= 4 is 41.7 Å². The predicted octanol–water partition coefficient (Wildman–Crippen LogP) is 1.50. The van der Waals surface area contributed by atoms with Gasteiger partial charge in [0.05, 0.1) is 19.8 Å². The molecule has 2 N–H and O–H groups in total. The summed E-state index contributed by atoms with van der Waals surface area (Å²) in [6.45, 7) is 2.51. The van der Waals surface area contributed by atoms with Crippen LogP contribution in [-0.4, -0.2) is 55.0 Å². The summed E-state index contributed by atoms with van der Waals surface area (Å²) in [6, 6.07) is 0. The Kier molecular flexibility index (Phi) is 8.29. The van der Waals surface area contributed by atoms with Gasteiger partial charge in [0, 0.05) is 18.8 Å². The minimum atomic E-state index is -4.19. The van der Waals surface area contributed by atoms with E-state index in [9.17, 15) is 13.2 Å². The molecule has 0 aromatic carbocycles. The molecule has 9 heteroatoms. The molecule has 0 amide bonds. The first kappa shape index (κ1) is 17.1. The highest BCUT2D eigenvalue weighted by Gasteiger charge is 2.27. The Morgan fingerprint density at radius 2 is 1.94 bits per heavy atom. The van der Waals surface area contributed by atoms with Crippen molar-refractivity contribution in [3.8, 4) is 0 Å². The fourth-order valence-electron chi connectivity index (χ4n) is 1.21. The number of ether oxygens (including phenoxy) is 1. The van der Waals surface area contributed by atoms with Crippen LogP contribution in [0.25, 0.3) is 0 Å². The van der Waals surface area contributed by atoms with Gasteiger partial charge in [-0.25, -0.2) is 0 Å². The van der Waals surface area contributed by atoms with E-state index >= 15 is 0 Å². The topological polar surface area (TPSA) is 50.8 Å². The minimum absolute atomic E-state index is 0. The lowest BCUT2D eigenvalue weighted by atomic mass is 10.4. The third-order valence-corrected chi connectivity index (χ3v) is 2.68. The molecule has 1 aliphatic rings. The number of hydrogen-bond donors (Lipinski definition) is 1. The summed E-state index contributed by atoms with van der Waals surface area (Å²) in [6.07, 6.45) is 0. The average Bonchev–Trinajstić information content (AvgIpc) is 2.24. The van der Waals surface area contributed by atoms with E-state index in [2.05, 4.69) is 4.99 Å². The van der Waals surface area contributed by atoms with Crippen molar-refractivity contribution in [1.82, 2.24) is 4.90 Å². The fourth-order valence-corrected chi connectivity index (χ4v) is 1.63. The summed E-state index contributed by atoms with van der Waals surface area (Å²) >= 11 is -0.0836. The van der Waals surface area contributed by atoms with Crippen molar-refractivity contribution in [3.63, 3.8) is 0 Å². The number of thioether (sulfide) groups is 1. The molecule has 1 saturated heterocycles. The van der Waals surface area contributed by atoms with Crippen molar-refractivity contribution in [2.24, 2.45) is 10.7 Å². The molecule has 0 bridgehead atoms. The summed E-state index contributed by atoms with van der Waals surface area (Å²) in [5, 5.41) is 0. The van der Waals surface area contributed by atoms with Crippen LogP contribution in [0.1, 0.15) is 0 Å². The molecular formula is C8H15F3IN3OS. The van der Waals surface area contributed by atoms with Gasteiger partial charge < -0.3 is 15.4 Å². The number of morpholine rings is 1. The van der Waals surface area contributed by atoms with Gasteiger partial charge in [0.2, 0.25) is 0 Å². The van der Waals surface area contributed by atoms with Crippen molar-refractivity contribution < 1.29 is 17.9 Å². The highest BCUT2D eigenvalue weighted by Crippen LogP contribution is 2.29. The minimum Gasteiger partial charge on any atom is -0.378 e. The van der Waals surface area contributed by atoms with Gasteiger partial charge in [-0.1, -0.05) is 0 Å². The molecule has 0 radical (unpaired) electrons. The van der Waals surface area contributed by atoms with E-state index in [1.165, 1.54) is 0 Å². The quantitative estimate of drug-likeness (QED) is 0.346. The molecule has 4 nitrogen and oxygen atoms in total. The fraction of sp³-hybridized carbons (Fsp3) is 0.875. The number of halogens is 4. The summed E-state index contributed by atoms with van der Waals surface area (Å²) in [5.41, 5.74) is 1.44. The van der Waals surface area contributed by atoms with Crippen LogP contribution in [0.2, 0.25) is 0 Å². The first-order valence-corrected chi connectivity index (χ1v) is 5.81. The number of hydrogen-bond acceptors (Lipinski definition) is 3. The normalized spacial score (nSPS) is 17.8. The zero-order valence-electron chi connectivity index (χ0n) is 9.07. The largest absolute Gasteiger partial charge is 0.441 e. The Hall–Kier alpha value is 0.100. The first-order chi connectivity index (χ1) is 7.49. The number of nitrogens with two attached hydrogens (primary N) is 1. The van der Waals surface area contributed by atoms with Crippen molar-refractivity contribution in [2.75, 3.05) is 38.6 Å². The third kappa shape index (κ3) is 7.92. The molecule has 0 saturated carbocycles. The van der Waals surface area contributed by atoms with Gasteiger partial charge in [0.1, 0.15) is 0 Å². The Labute approximate surface area is 119 Å². The summed E-state index contributed by atoms with van der Waals surface area (Å²) < 4.78 is 40.5. The molecule has 0 aromatic rings. The van der Waals surface area contributed by atoms with Crippen LogP contribution in [-0.2, 0) is 4.74 Å². The lowest BCUT2D eigenvalue weighted by molar-refractivity contribution is -0.0327. The van der Waals surface area contributed by atoms with Crippen LogP contribution >= 0.6 is 35.7 Å². The highest BCUT2D eigenvalue weighted by atomic mass is 127. The van der Waals surface area contributed by atoms with E-state index in [-0.39, 0.29) is 48.0 Å². The standard InChI is InChI=1S/C8H14F3N3OS.HI/c9-8(10,11)16-6-1-13-7(12)14-2-4-15-5-3-14;/h1-6H2,(H2,12,13);1H. The maximum atomic E-state index is 11.8. The zero-order chi connectivity index (χ0) is 12.0. The van der Waals surface area contributed by atoms with Crippen LogP contribution in [0.3, 0.4) is 0 Å². The van der Waals surface area contributed by atoms with E-state index in [0.29, 0.717) is 32.3 Å². The maximum Gasteiger partial charge on any atom is 0.441 e. The van der Waals surface area contributed by atoms with Gasteiger partial charge >= 0.3 is 5.51 Å². The van der Waals surface area contributed by atoms with Crippen LogP contribution in [0.15, 0.2) is 4.99 Å². The molecule has 1 rings (SSSR count). The Balaban J connectivity index is 0.00000256. The molecule has 1 heterocycles. The van der Waals surface area contributed by atoms with Crippen molar-refractivity contribution in [3.05, 3.63) is 0 Å². The molecule has 0 unspecified atom stereocenters. The number of guanidine groups is 1. The van der Waals surface area contributed by atoms with E-state index < -0.39 is 5.51 Å². The lowest BCUT2D eigenvalue weighted by Gasteiger charge is -2.27. The molecule has 0 spiro atoms. The van der Waals surface area contributed by atoms with E-state index in [1.54, 1.807) is 0 Å². The molecule has 0 aliphatic carbocycles. The SMILES string of the molecule is I.NC(=NCCSC(F)(F)F)N1CCOCC1. The van der Waals surface area contributed by atoms with Gasteiger partial charge in [-0.05, 0) is 11.8 Å². The van der Waals surface area contributed by atoms with Gasteiger partial charge in [-0.3, -0.25) is 4.99 Å². The van der Waals surface area contributed by atoms with E-state index in [0.717, 1.165) is 0 Å². The Bertz CT molecular complexity index is 247. The van der Waals surface area contributed by atoms with Crippen molar-refractivity contribution in [1.29, 1.82) is 0 Å². The third-order valence-electron chi connectivity index (χ3n) is 1.97. The lowest BCUT2D eigenvalue weighted by Crippen LogP contribution is -2.44. The Morgan fingerprint density at radius 3 is 2.47 bits per heavy atom. The average molecular weight is 385 g/mol. The summed E-state index contributed by atoms with van der Waals surface area (Å²) in [7, 11) is 0. The second-order valence-corrected chi connectivity index (χ2v) is 4.29. The van der Waals surface area contributed by atoms with Gasteiger partial charge in [-0.2, -0.15) is 13.2 Å². The van der Waals surface area contributed by atoms with Gasteiger partial charge in [0.25, 0.3) is 0 Å². The molecule has 1 aliphatic heterocycles. The van der Waals surface area contributed by atoms with Crippen molar-refractivity contribution in [2.45, 2.75) is 5.51 Å². The summed E-state index contributed by atoms with van der Waals surface area (Å²) in [5.74, 6) is 0.195. The highest BCUT2D eigenvalue weighted by molar-refractivity contribution is 14.0. The molecule has 102 valence electrons. The van der Waals surface area contributed by atoms with Gasteiger partial charge in [-0.15, -0.1) is 24.0 Å². The molecule has 0 aromatic heterocycles. The zero-order valence-corrected chi connectivity index (χ0v) is 12.2. The predicted molar refractivity (Wildman–Crippen MR) is 72.8 cm³/mol. The molecule has 1 fully saturated rings. The molecule has 17 heavy (non-hydrogen) atoms. The maximum absolute atomic E-state index is 11.8. The monoisotopic (exact) mass is 385 g/mol. The molecular weight excluding hydrogens is 370 g/mol. The second kappa shape index (κ2) is 8.25. The smallest absolute Gasteiger partial charge is 0.378 e. The first-order valence-electron chi connectivity index (χ1n) is 4.82. The van der Waals surface area contributed by atoms with Crippen LogP contribution in [0.5, 0.6) is 0 Å². The van der Waals surface area contributed by atoms with E-state index in [4.69, 9.17) is 10.5 Å². The van der Waals surface area contributed by atoms with Gasteiger partial charge in [0.15, 0.2) is 5.96 Å². The Morgan fingerprint density at radius 1 is 1.35 bits per heavy atom. The summed E-state index contributed by atoms with van der Waals surface area (Å²) in [4.78, 5) is 5.70. The number of nitrogens with zero attached hydrogens (tertiary/aromatic N) is 2. The second-order valence-electron chi connectivity index (χ2n) is 3.13. The van der Waals surface area contributed by atoms with Crippen LogP contribution in [0, 0.1) is 0 Å². The van der Waals surface area contributed by atoms with Crippen LogP contribution in [0.4, 0.5) is 13.2 Å². The number of rotatable bonds is 3.